The van der Waals surface area contributed by atoms with Crippen molar-refractivity contribution in [3.8, 4) is 0 Å². The summed E-state index contributed by atoms with van der Waals surface area (Å²) in [4.78, 5) is 16.5. The molecule has 206 valence electrons. The summed E-state index contributed by atoms with van der Waals surface area (Å²) in [6.07, 6.45) is 7.88. The molecule has 1 aliphatic rings. The van der Waals surface area contributed by atoms with Gasteiger partial charge in [0, 0.05) is 16.9 Å². The van der Waals surface area contributed by atoms with Gasteiger partial charge in [0.2, 0.25) is 0 Å². The molecule has 0 amide bonds. The van der Waals surface area contributed by atoms with Crippen LogP contribution in [-0.2, 0) is 21.4 Å². The molecule has 39 heavy (non-hydrogen) atoms. The monoisotopic (exact) mass is 590 g/mol. The molecule has 1 aromatic heterocycles. The predicted octanol–water partition coefficient (Wildman–Crippen LogP) is 9.05. The zero-order valence-corrected chi connectivity index (χ0v) is 24.5. The van der Waals surface area contributed by atoms with Crippen LogP contribution in [0.25, 0.3) is 0 Å². The maximum Gasteiger partial charge on any atom is 0.313 e. The third kappa shape index (κ3) is 6.11. The molecule has 0 saturated carbocycles. The van der Waals surface area contributed by atoms with E-state index >= 15 is 0 Å². The Balaban J connectivity index is 1.74. The second-order valence-electron chi connectivity index (χ2n) is 10.7. The van der Waals surface area contributed by atoms with Crippen LogP contribution in [0.15, 0.2) is 71.8 Å². The van der Waals surface area contributed by atoms with Gasteiger partial charge in [0.1, 0.15) is 11.6 Å². The van der Waals surface area contributed by atoms with Gasteiger partial charge in [-0.1, -0.05) is 73.1 Å². The fourth-order valence-corrected chi connectivity index (χ4v) is 5.88. The minimum absolute atomic E-state index is 0.182. The summed E-state index contributed by atoms with van der Waals surface area (Å²) in [5.74, 6) is -1.44. The number of carboxylic acid groups (broad SMARTS) is 1. The van der Waals surface area contributed by atoms with Crippen molar-refractivity contribution in [3.05, 3.63) is 105 Å². The van der Waals surface area contributed by atoms with Crippen LogP contribution in [0.2, 0.25) is 10.0 Å². The summed E-state index contributed by atoms with van der Waals surface area (Å²) in [7, 11) is 0. The Morgan fingerprint density at radius 1 is 1.10 bits per heavy atom. The molecule has 4 nitrogen and oxygen atoms in total. The normalized spacial score (nSPS) is 16.2. The van der Waals surface area contributed by atoms with Gasteiger partial charge in [-0.15, -0.1) is 0 Å². The van der Waals surface area contributed by atoms with Crippen LogP contribution >= 0.6 is 35.0 Å². The number of benzene rings is 2. The average Bonchev–Trinajstić information content (AvgIpc) is 3.20. The topological polar surface area (TPSA) is 55.1 Å². The van der Waals surface area contributed by atoms with Crippen LogP contribution < -0.4 is 0 Å². The second-order valence-corrected chi connectivity index (χ2v) is 12.4. The lowest BCUT2D eigenvalue weighted by atomic mass is 9.81. The summed E-state index contributed by atoms with van der Waals surface area (Å²) < 4.78 is 31.0. The van der Waals surface area contributed by atoms with Crippen LogP contribution in [0, 0.1) is 5.82 Å². The third-order valence-electron chi connectivity index (χ3n) is 7.31. The van der Waals surface area contributed by atoms with Gasteiger partial charge >= 0.3 is 5.97 Å². The van der Waals surface area contributed by atoms with Crippen LogP contribution in [0.4, 0.5) is 8.78 Å². The van der Waals surface area contributed by atoms with Gasteiger partial charge in [-0.2, -0.15) is 0 Å². The van der Waals surface area contributed by atoms with Gasteiger partial charge in [0.15, 0.2) is 5.16 Å². The van der Waals surface area contributed by atoms with Crippen molar-refractivity contribution in [2.75, 3.05) is 0 Å². The van der Waals surface area contributed by atoms with E-state index in [2.05, 4.69) is 18.4 Å². The molecule has 1 aliphatic carbocycles. The summed E-state index contributed by atoms with van der Waals surface area (Å²) >= 11 is 13.9. The van der Waals surface area contributed by atoms with Gasteiger partial charge in [0.25, 0.3) is 0 Å². The van der Waals surface area contributed by atoms with Crippen molar-refractivity contribution < 1.29 is 18.7 Å². The Hall–Kier alpha value is -2.61. The van der Waals surface area contributed by atoms with E-state index in [0.29, 0.717) is 39.2 Å². The number of rotatable bonds is 8. The summed E-state index contributed by atoms with van der Waals surface area (Å²) in [5, 5.41) is 11.2. The number of aromatic nitrogens is 2. The third-order valence-corrected chi connectivity index (χ3v) is 9.07. The second kappa shape index (κ2) is 11.5. The summed E-state index contributed by atoms with van der Waals surface area (Å²) in [5.41, 5.74) is 1.03. The van der Waals surface area contributed by atoms with Crippen molar-refractivity contribution in [2.45, 2.75) is 68.3 Å². The average molecular weight is 592 g/mol. The van der Waals surface area contributed by atoms with Gasteiger partial charge in [-0.3, -0.25) is 4.79 Å². The Morgan fingerprint density at radius 3 is 2.51 bits per heavy atom. The first kappa shape index (κ1) is 29.4. The van der Waals surface area contributed by atoms with Gasteiger partial charge in [0.05, 0.1) is 27.7 Å². The molecule has 4 rings (SSSR count). The molecule has 3 aromatic rings. The van der Waals surface area contributed by atoms with Crippen LogP contribution in [-0.4, -0.2) is 20.6 Å². The zero-order chi connectivity index (χ0) is 28.5. The molecule has 0 spiro atoms. The molecule has 0 saturated heterocycles. The van der Waals surface area contributed by atoms with E-state index in [4.69, 9.17) is 28.2 Å². The molecule has 0 fully saturated rings. The number of carboxylic acids is 1. The van der Waals surface area contributed by atoms with Crippen molar-refractivity contribution in [2.24, 2.45) is 0 Å². The largest absolute Gasteiger partial charge is 0.481 e. The minimum atomic E-state index is -1.16. The van der Waals surface area contributed by atoms with Gasteiger partial charge in [-0.25, -0.2) is 13.8 Å². The van der Waals surface area contributed by atoms with E-state index in [1.165, 1.54) is 30.0 Å². The Morgan fingerprint density at radius 2 is 1.82 bits per heavy atom. The van der Waals surface area contributed by atoms with Crippen molar-refractivity contribution in [1.29, 1.82) is 0 Å². The first-order valence-corrected chi connectivity index (χ1v) is 14.3. The minimum Gasteiger partial charge on any atom is -0.481 e. The van der Waals surface area contributed by atoms with Crippen molar-refractivity contribution in [1.82, 2.24) is 9.55 Å². The smallest absolute Gasteiger partial charge is 0.313 e. The maximum absolute atomic E-state index is 14.8. The quantitative estimate of drug-likeness (QED) is 0.266. The summed E-state index contributed by atoms with van der Waals surface area (Å²) in [6, 6.07) is 9.76. The predicted molar refractivity (Wildman–Crippen MR) is 154 cm³/mol. The fraction of sp³-hybridized carbons (Fsp3) is 0.333. The van der Waals surface area contributed by atoms with E-state index in [9.17, 15) is 18.7 Å². The number of imidazole rings is 1. The lowest BCUT2D eigenvalue weighted by Crippen LogP contribution is -2.28. The first-order chi connectivity index (χ1) is 18.3. The highest BCUT2D eigenvalue weighted by Crippen LogP contribution is 2.40. The first-order valence-electron chi connectivity index (χ1n) is 12.5. The Bertz CT molecular complexity index is 1460. The number of hydrogen-bond acceptors (Lipinski definition) is 3. The number of carbonyl (C=O) groups is 1. The summed E-state index contributed by atoms with van der Waals surface area (Å²) in [6.45, 7) is 7.31. The molecule has 1 N–H and O–H groups in total. The molecule has 1 atom stereocenters. The number of nitrogens with zero attached hydrogens (tertiary/aromatic N) is 2. The van der Waals surface area contributed by atoms with E-state index in [1.54, 1.807) is 38.3 Å². The highest BCUT2D eigenvalue weighted by molar-refractivity contribution is 7.98. The van der Waals surface area contributed by atoms with Crippen molar-refractivity contribution in [3.63, 3.8) is 0 Å². The molecule has 0 radical (unpaired) electrons. The molecular formula is C30H30Cl2F2N2O2S. The molecule has 1 unspecified atom stereocenters. The highest BCUT2D eigenvalue weighted by Gasteiger charge is 2.32. The van der Waals surface area contributed by atoms with E-state index in [0.717, 1.165) is 11.3 Å². The molecule has 1 heterocycles. The van der Waals surface area contributed by atoms with Gasteiger partial charge in [-0.05, 0) is 73.7 Å². The Labute approximate surface area is 241 Å². The molecule has 9 heteroatoms. The van der Waals surface area contributed by atoms with Crippen LogP contribution in [0.5, 0.6) is 0 Å². The molecular weight excluding hydrogens is 561 g/mol. The highest BCUT2D eigenvalue weighted by atomic mass is 35.5. The molecule has 2 aromatic carbocycles. The van der Waals surface area contributed by atoms with Crippen molar-refractivity contribution >= 4 is 40.9 Å². The van der Waals surface area contributed by atoms with Gasteiger partial charge < -0.3 is 9.67 Å². The number of hydrogen-bond donors (Lipinski definition) is 1. The number of allylic oxidation sites excluding steroid dienone is 4. The van der Waals surface area contributed by atoms with E-state index in [-0.39, 0.29) is 17.6 Å². The number of thioether (sulfide) groups is 1. The number of halogens is 4. The lowest BCUT2D eigenvalue weighted by Gasteiger charge is -2.30. The Kier molecular flexibility index (Phi) is 8.64. The molecule has 0 aliphatic heterocycles. The zero-order valence-electron chi connectivity index (χ0n) is 22.1. The van der Waals surface area contributed by atoms with E-state index in [1.807, 2.05) is 18.2 Å². The maximum atomic E-state index is 14.8. The SMILES string of the molecule is CC(C)(C(=O)O)c1ccc(F)c(CSc2ncc(C(C)(C)c3ccc(Cl)c(Cl)c3)n2C2C=CC(F)=CCC2)c1. The van der Waals surface area contributed by atoms with E-state index < -0.39 is 22.6 Å². The fourth-order valence-electron chi connectivity index (χ4n) is 4.58. The van der Waals surface area contributed by atoms with Crippen LogP contribution in [0.3, 0.4) is 0 Å². The van der Waals surface area contributed by atoms with Crippen LogP contribution in [0.1, 0.15) is 69.0 Å². The lowest BCUT2D eigenvalue weighted by molar-refractivity contribution is -0.142. The number of aliphatic carboxylic acids is 1. The standard InChI is InChI=1S/C30H30Cl2F2N2O2S/c1-29(2,20-8-12-23(31)24(32)15-20)26-16-35-28(36(26)22-7-5-6-21(33)10-11-22)39-17-18-14-19(9-13-25(18)34)30(3,4)27(37)38/h6,8-16,22H,5,7,17H2,1-4H3,(H,37,38). The molecule has 0 bridgehead atoms.